The minimum absolute atomic E-state index is 0.260. The van der Waals surface area contributed by atoms with Crippen molar-refractivity contribution >= 4 is 22.5 Å². The zero-order valence-corrected chi connectivity index (χ0v) is 14.0. The Hall–Kier alpha value is -3.48. The monoisotopic (exact) mass is 349 g/mol. The summed E-state index contributed by atoms with van der Waals surface area (Å²) >= 11 is 0. The lowest BCUT2D eigenvalue weighted by Gasteiger charge is -2.09. The Bertz CT molecular complexity index is 1050. The Morgan fingerprint density at radius 3 is 2.65 bits per heavy atom. The maximum Gasteiger partial charge on any atom is 0.234 e. The van der Waals surface area contributed by atoms with Gasteiger partial charge in [0.2, 0.25) is 5.88 Å². The molecule has 2 heterocycles. The summed E-state index contributed by atoms with van der Waals surface area (Å²) in [7, 11) is 1.56. The number of anilines is 2. The number of ether oxygens (including phenoxy) is 1. The molecule has 0 amide bonds. The SMILES string of the molecule is COc1cc(Nc2nc(Cc3ccc(F)cc3)nc3ccccc23)[nH]n1. The molecule has 0 atom stereocenters. The summed E-state index contributed by atoms with van der Waals surface area (Å²) in [5.74, 6) is 2.20. The highest BCUT2D eigenvalue weighted by Gasteiger charge is 2.10. The first-order valence-electron chi connectivity index (χ1n) is 8.08. The van der Waals surface area contributed by atoms with E-state index in [4.69, 9.17) is 4.74 Å². The van der Waals surface area contributed by atoms with Crippen LogP contribution in [0.1, 0.15) is 11.4 Å². The van der Waals surface area contributed by atoms with Gasteiger partial charge < -0.3 is 10.1 Å². The fraction of sp³-hybridized carbons (Fsp3) is 0.105. The number of aromatic nitrogens is 4. The van der Waals surface area contributed by atoms with Crippen LogP contribution in [0.15, 0.2) is 54.6 Å². The summed E-state index contributed by atoms with van der Waals surface area (Å²) in [5.41, 5.74) is 1.77. The molecular weight excluding hydrogens is 333 g/mol. The number of para-hydroxylation sites is 1. The molecule has 6 nitrogen and oxygen atoms in total. The van der Waals surface area contributed by atoms with E-state index in [1.807, 2.05) is 24.3 Å². The molecule has 2 N–H and O–H groups in total. The first-order chi connectivity index (χ1) is 12.7. The van der Waals surface area contributed by atoms with E-state index in [0.717, 1.165) is 16.5 Å². The van der Waals surface area contributed by atoms with E-state index in [9.17, 15) is 4.39 Å². The van der Waals surface area contributed by atoms with Gasteiger partial charge in [-0.3, -0.25) is 5.10 Å². The smallest absolute Gasteiger partial charge is 0.234 e. The van der Waals surface area contributed by atoms with E-state index in [1.165, 1.54) is 12.1 Å². The minimum Gasteiger partial charge on any atom is -0.480 e. The molecule has 0 spiro atoms. The summed E-state index contributed by atoms with van der Waals surface area (Å²) in [6.45, 7) is 0. The van der Waals surface area contributed by atoms with Crippen LogP contribution in [0, 0.1) is 5.82 Å². The Balaban J connectivity index is 1.71. The number of halogens is 1. The largest absolute Gasteiger partial charge is 0.480 e. The van der Waals surface area contributed by atoms with Crippen LogP contribution in [-0.2, 0) is 6.42 Å². The van der Waals surface area contributed by atoms with Gasteiger partial charge in [-0.1, -0.05) is 24.3 Å². The Labute approximate surface area is 149 Å². The highest BCUT2D eigenvalue weighted by Crippen LogP contribution is 2.25. The number of H-pyrrole nitrogens is 1. The molecule has 4 rings (SSSR count). The second-order valence-electron chi connectivity index (χ2n) is 5.76. The predicted octanol–water partition coefficient (Wildman–Crippen LogP) is 3.84. The third-order valence-electron chi connectivity index (χ3n) is 3.94. The number of aromatic amines is 1. The van der Waals surface area contributed by atoms with Crippen LogP contribution in [0.5, 0.6) is 5.88 Å². The normalized spacial score (nSPS) is 10.8. The molecule has 0 saturated carbocycles. The molecule has 130 valence electrons. The highest BCUT2D eigenvalue weighted by atomic mass is 19.1. The average Bonchev–Trinajstić information content (AvgIpc) is 3.11. The number of fused-ring (bicyclic) bond motifs is 1. The van der Waals surface area contributed by atoms with Crippen molar-refractivity contribution in [3.63, 3.8) is 0 Å². The fourth-order valence-corrected chi connectivity index (χ4v) is 2.68. The number of nitrogens with one attached hydrogen (secondary N) is 2. The van der Waals surface area contributed by atoms with Gasteiger partial charge in [0.1, 0.15) is 23.3 Å². The third kappa shape index (κ3) is 3.32. The molecule has 0 saturated heterocycles. The number of hydrogen-bond acceptors (Lipinski definition) is 5. The lowest BCUT2D eigenvalue weighted by atomic mass is 10.1. The van der Waals surface area contributed by atoms with Crippen molar-refractivity contribution in [3.05, 3.63) is 71.8 Å². The van der Waals surface area contributed by atoms with E-state index in [0.29, 0.717) is 29.8 Å². The van der Waals surface area contributed by atoms with Gasteiger partial charge in [-0.2, -0.15) is 0 Å². The summed E-state index contributed by atoms with van der Waals surface area (Å²) in [6.07, 6.45) is 0.506. The standard InChI is InChI=1S/C19H16FN5O/c1-26-18-11-17(24-25-18)23-19-14-4-2-3-5-15(14)21-16(22-19)10-12-6-8-13(20)9-7-12/h2-9,11H,10H2,1H3,(H2,21,22,23,24,25). The highest BCUT2D eigenvalue weighted by molar-refractivity contribution is 5.90. The molecule has 0 aliphatic carbocycles. The first kappa shape index (κ1) is 16.0. The number of hydrogen-bond donors (Lipinski definition) is 2. The van der Waals surface area contributed by atoms with Crippen LogP contribution >= 0.6 is 0 Å². The van der Waals surface area contributed by atoms with Crippen LogP contribution in [0.25, 0.3) is 10.9 Å². The summed E-state index contributed by atoms with van der Waals surface area (Å²) in [5, 5.41) is 11.0. The lowest BCUT2D eigenvalue weighted by molar-refractivity contribution is 0.397. The number of benzene rings is 2. The maximum atomic E-state index is 13.1. The first-order valence-corrected chi connectivity index (χ1v) is 8.08. The molecule has 26 heavy (non-hydrogen) atoms. The summed E-state index contributed by atoms with van der Waals surface area (Å²) < 4.78 is 18.2. The molecule has 0 fully saturated rings. The number of nitrogens with zero attached hydrogens (tertiary/aromatic N) is 3. The van der Waals surface area contributed by atoms with Gasteiger partial charge >= 0.3 is 0 Å². The Kier molecular flexibility index (Phi) is 4.18. The fourth-order valence-electron chi connectivity index (χ4n) is 2.68. The molecule has 0 aliphatic heterocycles. The van der Waals surface area contributed by atoms with E-state index >= 15 is 0 Å². The summed E-state index contributed by atoms with van der Waals surface area (Å²) in [6, 6.07) is 15.8. The van der Waals surface area contributed by atoms with Crippen molar-refractivity contribution < 1.29 is 9.13 Å². The van der Waals surface area contributed by atoms with Crippen molar-refractivity contribution in [1.82, 2.24) is 20.2 Å². The van der Waals surface area contributed by atoms with E-state index in [1.54, 1.807) is 25.3 Å². The van der Waals surface area contributed by atoms with Gasteiger partial charge in [0.25, 0.3) is 0 Å². The van der Waals surface area contributed by atoms with E-state index in [2.05, 4.69) is 25.5 Å². The van der Waals surface area contributed by atoms with Crippen molar-refractivity contribution in [2.45, 2.75) is 6.42 Å². The molecule has 2 aromatic carbocycles. The predicted molar refractivity (Wildman–Crippen MR) is 97.2 cm³/mol. The van der Waals surface area contributed by atoms with Crippen molar-refractivity contribution in [2.24, 2.45) is 0 Å². The van der Waals surface area contributed by atoms with Crippen LogP contribution < -0.4 is 10.1 Å². The summed E-state index contributed by atoms with van der Waals surface area (Å²) in [4.78, 5) is 9.27. The molecule has 0 aliphatic rings. The Morgan fingerprint density at radius 2 is 1.88 bits per heavy atom. The van der Waals surface area contributed by atoms with Crippen molar-refractivity contribution in [1.29, 1.82) is 0 Å². The molecular formula is C19H16FN5O. The molecule has 0 unspecified atom stereocenters. The van der Waals surface area contributed by atoms with Crippen LogP contribution in [-0.4, -0.2) is 27.3 Å². The third-order valence-corrected chi connectivity index (χ3v) is 3.94. The number of rotatable bonds is 5. The topological polar surface area (TPSA) is 75.7 Å². The van der Waals surface area contributed by atoms with Crippen molar-refractivity contribution in [3.8, 4) is 5.88 Å². The quantitative estimate of drug-likeness (QED) is 0.573. The van der Waals surface area contributed by atoms with Gasteiger partial charge in [-0.25, -0.2) is 14.4 Å². The molecule has 2 aromatic heterocycles. The van der Waals surface area contributed by atoms with E-state index < -0.39 is 0 Å². The van der Waals surface area contributed by atoms with E-state index in [-0.39, 0.29) is 5.82 Å². The average molecular weight is 349 g/mol. The maximum absolute atomic E-state index is 13.1. The molecule has 7 heteroatoms. The minimum atomic E-state index is -0.260. The van der Waals surface area contributed by atoms with Crippen LogP contribution in [0.4, 0.5) is 16.0 Å². The second-order valence-corrected chi connectivity index (χ2v) is 5.76. The second kappa shape index (κ2) is 6.79. The van der Waals surface area contributed by atoms with Crippen LogP contribution in [0.3, 0.4) is 0 Å². The van der Waals surface area contributed by atoms with Gasteiger partial charge in [0.15, 0.2) is 0 Å². The van der Waals surface area contributed by atoms with Gasteiger partial charge in [-0.15, -0.1) is 5.10 Å². The molecule has 4 aromatic rings. The van der Waals surface area contributed by atoms with Gasteiger partial charge in [-0.05, 0) is 29.8 Å². The van der Waals surface area contributed by atoms with Gasteiger partial charge in [0.05, 0.1) is 12.6 Å². The lowest BCUT2D eigenvalue weighted by Crippen LogP contribution is -2.03. The van der Waals surface area contributed by atoms with Gasteiger partial charge in [0, 0.05) is 17.9 Å². The van der Waals surface area contributed by atoms with Crippen LogP contribution in [0.2, 0.25) is 0 Å². The molecule has 0 radical (unpaired) electrons. The zero-order chi connectivity index (χ0) is 17.9. The zero-order valence-electron chi connectivity index (χ0n) is 14.0. The van der Waals surface area contributed by atoms with Crippen molar-refractivity contribution in [2.75, 3.05) is 12.4 Å². The number of methoxy groups -OCH3 is 1. The molecule has 0 bridgehead atoms. The Morgan fingerprint density at radius 1 is 1.08 bits per heavy atom.